The molecule has 1 unspecified atom stereocenters. The molecule has 0 aliphatic heterocycles. The van der Waals surface area contributed by atoms with Gasteiger partial charge in [0.1, 0.15) is 0 Å². The van der Waals surface area contributed by atoms with Gasteiger partial charge in [-0.15, -0.1) is 12.3 Å². The fourth-order valence-electron chi connectivity index (χ4n) is 1.41. The molecule has 0 saturated carbocycles. The molecule has 0 heterocycles. The van der Waals surface area contributed by atoms with Gasteiger partial charge in [-0.2, -0.15) is 11.8 Å². The van der Waals surface area contributed by atoms with Crippen molar-refractivity contribution in [3.05, 3.63) is 0 Å². The molecule has 0 aromatic carbocycles. The molecule has 15 heavy (non-hydrogen) atoms. The first-order valence-corrected chi connectivity index (χ1v) is 7.25. The van der Waals surface area contributed by atoms with Crippen molar-refractivity contribution in [2.45, 2.75) is 52.0 Å². The Hall–Kier alpha value is -0.130. The maximum absolute atomic E-state index is 5.26. The fourth-order valence-corrected chi connectivity index (χ4v) is 2.44. The van der Waals surface area contributed by atoms with Gasteiger partial charge in [0.2, 0.25) is 0 Å². The van der Waals surface area contributed by atoms with Gasteiger partial charge in [-0.25, -0.2) is 0 Å². The summed E-state index contributed by atoms with van der Waals surface area (Å²) in [6.45, 7) is 5.58. The molecular weight excluding hydrogens is 202 g/mol. The van der Waals surface area contributed by atoms with Crippen LogP contribution in [-0.4, -0.2) is 24.1 Å². The van der Waals surface area contributed by atoms with E-state index in [4.69, 9.17) is 6.42 Å². The first kappa shape index (κ1) is 14.9. The maximum Gasteiger partial charge on any atom is 0.0158 e. The number of nitrogens with one attached hydrogen (secondary N) is 1. The monoisotopic (exact) mass is 227 g/mol. The number of hydrogen-bond acceptors (Lipinski definition) is 2. The summed E-state index contributed by atoms with van der Waals surface area (Å²) in [5.41, 5.74) is 0. The molecule has 0 aliphatic carbocycles. The topological polar surface area (TPSA) is 12.0 Å². The van der Waals surface area contributed by atoms with Crippen LogP contribution in [0.4, 0.5) is 0 Å². The quantitative estimate of drug-likeness (QED) is 0.454. The number of hydrogen-bond donors (Lipinski definition) is 1. The van der Waals surface area contributed by atoms with Gasteiger partial charge >= 0.3 is 0 Å². The Balaban J connectivity index is 3.59. The third-order valence-corrected chi connectivity index (χ3v) is 3.56. The third kappa shape index (κ3) is 10.2. The molecule has 88 valence electrons. The second-order valence-corrected chi connectivity index (χ2v) is 4.97. The largest absolute Gasteiger partial charge is 0.313 e. The van der Waals surface area contributed by atoms with Gasteiger partial charge in [0.15, 0.2) is 0 Å². The SMILES string of the molecule is C#CCCCC(CSCCC)NCCC. The predicted molar refractivity (Wildman–Crippen MR) is 72.4 cm³/mol. The van der Waals surface area contributed by atoms with E-state index < -0.39 is 0 Å². The van der Waals surface area contributed by atoms with Gasteiger partial charge in [-0.1, -0.05) is 13.8 Å². The summed E-state index contributed by atoms with van der Waals surface area (Å²) in [6.07, 6.45) is 11.0. The molecule has 0 amide bonds. The number of thioether (sulfide) groups is 1. The van der Waals surface area contributed by atoms with E-state index in [9.17, 15) is 0 Å². The molecule has 1 atom stereocenters. The van der Waals surface area contributed by atoms with E-state index in [1.807, 2.05) is 0 Å². The fraction of sp³-hybridized carbons (Fsp3) is 0.846. The van der Waals surface area contributed by atoms with Crippen LogP contribution in [0.25, 0.3) is 0 Å². The van der Waals surface area contributed by atoms with E-state index in [0.717, 1.165) is 19.4 Å². The molecule has 0 radical (unpaired) electrons. The molecule has 0 spiro atoms. The van der Waals surface area contributed by atoms with Crippen molar-refractivity contribution in [3.63, 3.8) is 0 Å². The van der Waals surface area contributed by atoms with Crippen LogP contribution in [0.1, 0.15) is 46.0 Å². The smallest absolute Gasteiger partial charge is 0.0158 e. The van der Waals surface area contributed by atoms with Crippen LogP contribution in [0.15, 0.2) is 0 Å². The van der Waals surface area contributed by atoms with Gasteiger partial charge < -0.3 is 5.32 Å². The van der Waals surface area contributed by atoms with Crippen molar-refractivity contribution in [1.29, 1.82) is 0 Å². The van der Waals surface area contributed by atoms with Crippen LogP contribution in [0.2, 0.25) is 0 Å². The Kier molecular flexibility index (Phi) is 11.8. The Morgan fingerprint density at radius 2 is 2.13 bits per heavy atom. The molecule has 0 rings (SSSR count). The second kappa shape index (κ2) is 11.9. The van der Waals surface area contributed by atoms with E-state index in [2.05, 4.69) is 36.8 Å². The molecule has 2 heteroatoms. The van der Waals surface area contributed by atoms with Crippen molar-refractivity contribution >= 4 is 11.8 Å². The number of terminal acetylenes is 1. The predicted octanol–water partition coefficient (Wildman–Crippen LogP) is 3.30. The molecule has 1 nitrogen and oxygen atoms in total. The minimum absolute atomic E-state index is 0.662. The maximum atomic E-state index is 5.26. The standard InChI is InChI=1S/C13H25NS/c1-4-7-8-9-13(14-10-5-2)12-15-11-6-3/h1,13-14H,5-12H2,2-3H3. The van der Waals surface area contributed by atoms with E-state index in [-0.39, 0.29) is 0 Å². The highest BCUT2D eigenvalue weighted by molar-refractivity contribution is 7.99. The number of unbranched alkanes of at least 4 members (excludes halogenated alkanes) is 1. The Labute approximate surface area is 99.8 Å². The number of rotatable bonds is 10. The average Bonchev–Trinajstić information content (AvgIpc) is 2.25. The van der Waals surface area contributed by atoms with Crippen molar-refractivity contribution in [3.8, 4) is 12.3 Å². The molecular formula is C13H25NS. The lowest BCUT2D eigenvalue weighted by Crippen LogP contribution is -2.32. The summed E-state index contributed by atoms with van der Waals surface area (Å²) in [5, 5.41) is 3.60. The summed E-state index contributed by atoms with van der Waals surface area (Å²) < 4.78 is 0. The highest BCUT2D eigenvalue weighted by atomic mass is 32.2. The van der Waals surface area contributed by atoms with Crippen LogP contribution >= 0.6 is 11.8 Å². The minimum atomic E-state index is 0.662. The Bertz CT molecular complexity index is 162. The zero-order valence-corrected chi connectivity index (χ0v) is 11.0. The van der Waals surface area contributed by atoms with Crippen LogP contribution in [0.3, 0.4) is 0 Å². The normalized spacial score (nSPS) is 12.3. The lowest BCUT2D eigenvalue weighted by Gasteiger charge is -2.17. The van der Waals surface area contributed by atoms with Gasteiger partial charge in [0, 0.05) is 18.2 Å². The summed E-state index contributed by atoms with van der Waals surface area (Å²) in [4.78, 5) is 0. The molecule has 0 saturated heterocycles. The zero-order valence-electron chi connectivity index (χ0n) is 10.2. The first-order chi connectivity index (χ1) is 7.35. The van der Waals surface area contributed by atoms with Crippen molar-refractivity contribution in [1.82, 2.24) is 5.32 Å². The summed E-state index contributed by atoms with van der Waals surface area (Å²) in [6, 6.07) is 0.662. The van der Waals surface area contributed by atoms with Gasteiger partial charge in [0.05, 0.1) is 0 Å². The Morgan fingerprint density at radius 3 is 2.73 bits per heavy atom. The van der Waals surface area contributed by atoms with Crippen LogP contribution in [0, 0.1) is 12.3 Å². The van der Waals surface area contributed by atoms with Crippen molar-refractivity contribution < 1.29 is 0 Å². The summed E-state index contributed by atoms with van der Waals surface area (Å²) in [5.74, 6) is 5.22. The third-order valence-electron chi connectivity index (χ3n) is 2.22. The van der Waals surface area contributed by atoms with Crippen LogP contribution in [0.5, 0.6) is 0 Å². The molecule has 0 aliphatic rings. The zero-order chi connectivity index (χ0) is 11.4. The molecule has 0 aromatic heterocycles. The molecule has 0 bridgehead atoms. The van der Waals surface area contributed by atoms with Crippen LogP contribution < -0.4 is 5.32 Å². The first-order valence-electron chi connectivity index (χ1n) is 6.09. The van der Waals surface area contributed by atoms with E-state index in [1.165, 1.54) is 30.8 Å². The summed E-state index contributed by atoms with van der Waals surface area (Å²) >= 11 is 2.06. The lowest BCUT2D eigenvalue weighted by molar-refractivity contribution is 0.508. The summed E-state index contributed by atoms with van der Waals surface area (Å²) in [7, 11) is 0. The molecule has 0 aromatic rings. The average molecular weight is 227 g/mol. The molecule has 0 fully saturated rings. The Morgan fingerprint density at radius 1 is 1.33 bits per heavy atom. The van der Waals surface area contributed by atoms with Gasteiger partial charge in [0.25, 0.3) is 0 Å². The van der Waals surface area contributed by atoms with Crippen molar-refractivity contribution in [2.75, 3.05) is 18.1 Å². The van der Waals surface area contributed by atoms with Crippen LogP contribution in [-0.2, 0) is 0 Å². The van der Waals surface area contributed by atoms with E-state index in [1.54, 1.807) is 0 Å². The van der Waals surface area contributed by atoms with Gasteiger partial charge in [-0.05, 0) is 38.0 Å². The highest BCUT2D eigenvalue weighted by Crippen LogP contribution is 2.09. The lowest BCUT2D eigenvalue weighted by atomic mass is 10.1. The van der Waals surface area contributed by atoms with E-state index in [0.29, 0.717) is 6.04 Å². The minimum Gasteiger partial charge on any atom is -0.313 e. The highest BCUT2D eigenvalue weighted by Gasteiger charge is 2.06. The van der Waals surface area contributed by atoms with E-state index >= 15 is 0 Å². The second-order valence-electron chi connectivity index (χ2n) is 3.82. The molecule has 1 N–H and O–H groups in total. The van der Waals surface area contributed by atoms with Crippen molar-refractivity contribution in [2.24, 2.45) is 0 Å². The van der Waals surface area contributed by atoms with Gasteiger partial charge in [-0.3, -0.25) is 0 Å².